The second-order valence-electron chi connectivity index (χ2n) is 9.08. The Hall–Kier alpha value is -2.99. The van der Waals surface area contributed by atoms with Gasteiger partial charge in [0.1, 0.15) is 0 Å². The van der Waals surface area contributed by atoms with Crippen molar-refractivity contribution in [3.05, 3.63) is 78.1 Å². The summed E-state index contributed by atoms with van der Waals surface area (Å²) < 4.78 is 6.38. The third-order valence-corrected chi connectivity index (χ3v) is 7.17. The smallest absolute Gasteiger partial charge is 0.255 e. The van der Waals surface area contributed by atoms with Crippen LogP contribution in [0.4, 0.5) is 0 Å². The van der Waals surface area contributed by atoms with Crippen LogP contribution in [0.5, 0.6) is 0 Å². The standard InChI is InChI=1S/C26H29N3O3/c1-2-16-32-23-22(28-24(30)18-9-10-18)20-7-3-4-8-21(20)26(23)11-14-29(15-12-26)25(31)19-6-5-13-27-17-19/h2-8,13,17-18,22-23H,1,9-12,14-16H2,(H,28,30)/t22-,23+/m0/s1. The van der Waals surface area contributed by atoms with E-state index in [1.807, 2.05) is 17.0 Å². The minimum Gasteiger partial charge on any atom is -0.371 e. The highest BCUT2D eigenvalue weighted by Crippen LogP contribution is 2.52. The Bertz CT molecular complexity index is 1010. The minimum absolute atomic E-state index is 0.0152. The fraction of sp³-hybridized carbons (Fsp3) is 0.423. The molecule has 2 aromatic rings. The van der Waals surface area contributed by atoms with Crippen LogP contribution < -0.4 is 5.32 Å². The number of ether oxygens (including phenoxy) is 1. The lowest BCUT2D eigenvalue weighted by atomic mass is 9.71. The van der Waals surface area contributed by atoms with Crippen LogP contribution in [-0.2, 0) is 14.9 Å². The molecular weight excluding hydrogens is 402 g/mol. The number of nitrogens with zero attached hydrogens (tertiary/aromatic N) is 2. The first-order valence-electron chi connectivity index (χ1n) is 11.5. The Morgan fingerprint density at radius 3 is 2.66 bits per heavy atom. The molecule has 2 heterocycles. The molecule has 1 saturated heterocycles. The van der Waals surface area contributed by atoms with Gasteiger partial charge in [-0.2, -0.15) is 0 Å². The zero-order valence-corrected chi connectivity index (χ0v) is 18.2. The molecule has 2 atom stereocenters. The summed E-state index contributed by atoms with van der Waals surface area (Å²) in [5.41, 5.74) is 2.75. The number of aromatic nitrogens is 1. The molecule has 166 valence electrons. The minimum atomic E-state index is -0.243. The van der Waals surface area contributed by atoms with Crippen LogP contribution >= 0.6 is 0 Å². The average molecular weight is 432 g/mol. The number of piperidine rings is 1. The summed E-state index contributed by atoms with van der Waals surface area (Å²) in [6.07, 6.45) is 8.38. The third-order valence-electron chi connectivity index (χ3n) is 7.17. The maximum absolute atomic E-state index is 13.0. The molecule has 0 unspecified atom stereocenters. The Labute approximate surface area is 188 Å². The summed E-state index contributed by atoms with van der Waals surface area (Å²) in [4.78, 5) is 31.7. The fourth-order valence-electron chi connectivity index (χ4n) is 5.39. The highest BCUT2D eigenvalue weighted by Gasteiger charge is 2.55. The van der Waals surface area contributed by atoms with E-state index in [1.54, 1.807) is 24.5 Å². The van der Waals surface area contributed by atoms with Gasteiger partial charge in [-0.05, 0) is 48.9 Å². The first kappa shape index (κ1) is 20.9. The van der Waals surface area contributed by atoms with Gasteiger partial charge in [0.25, 0.3) is 5.91 Å². The normalized spacial score (nSPS) is 23.6. The van der Waals surface area contributed by atoms with Crippen molar-refractivity contribution in [3.63, 3.8) is 0 Å². The number of hydrogen-bond donors (Lipinski definition) is 1. The number of carbonyl (C=O) groups is 2. The SMILES string of the molecule is C=CCO[C@@H]1[C@@H](NC(=O)C2CC2)c2ccccc2C12CCN(C(=O)c1cccnc1)CC2. The molecule has 1 N–H and O–H groups in total. The molecule has 2 aliphatic carbocycles. The van der Waals surface area contributed by atoms with Gasteiger partial charge in [0.15, 0.2) is 0 Å². The summed E-state index contributed by atoms with van der Waals surface area (Å²) in [7, 11) is 0. The molecule has 0 radical (unpaired) electrons. The second kappa shape index (κ2) is 8.51. The van der Waals surface area contributed by atoms with Gasteiger partial charge in [0.05, 0.1) is 24.3 Å². The van der Waals surface area contributed by atoms with Crippen molar-refractivity contribution >= 4 is 11.8 Å². The topological polar surface area (TPSA) is 71.5 Å². The third kappa shape index (κ3) is 3.62. The number of pyridine rings is 1. The number of likely N-dealkylation sites (tertiary alicyclic amines) is 1. The summed E-state index contributed by atoms with van der Waals surface area (Å²) in [6.45, 7) is 5.53. The molecule has 5 rings (SSSR count). The van der Waals surface area contributed by atoms with Crippen LogP contribution in [0.25, 0.3) is 0 Å². The van der Waals surface area contributed by atoms with Crippen LogP contribution in [0.1, 0.15) is 53.2 Å². The van der Waals surface area contributed by atoms with Crippen LogP contribution in [0, 0.1) is 5.92 Å². The lowest BCUT2D eigenvalue weighted by Crippen LogP contribution is -2.52. The molecule has 1 spiro atoms. The molecular formula is C26H29N3O3. The van der Waals surface area contributed by atoms with Gasteiger partial charge in [-0.3, -0.25) is 14.6 Å². The van der Waals surface area contributed by atoms with Crippen molar-refractivity contribution < 1.29 is 14.3 Å². The monoisotopic (exact) mass is 431 g/mol. The van der Waals surface area contributed by atoms with Crippen LogP contribution in [0.3, 0.4) is 0 Å². The first-order chi connectivity index (χ1) is 15.6. The van der Waals surface area contributed by atoms with Crippen molar-refractivity contribution in [1.82, 2.24) is 15.2 Å². The van der Waals surface area contributed by atoms with Gasteiger partial charge < -0.3 is 15.0 Å². The Balaban J connectivity index is 1.43. The van der Waals surface area contributed by atoms with Crippen LogP contribution in [0.2, 0.25) is 0 Å². The van der Waals surface area contributed by atoms with E-state index in [0.717, 1.165) is 31.2 Å². The lowest BCUT2D eigenvalue weighted by Gasteiger charge is -2.44. The van der Waals surface area contributed by atoms with Gasteiger partial charge in [0.2, 0.25) is 5.91 Å². The zero-order chi connectivity index (χ0) is 22.1. The van der Waals surface area contributed by atoms with Crippen molar-refractivity contribution in [2.45, 2.75) is 43.2 Å². The van der Waals surface area contributed by atoms with E-state index in [-0.39, 0.29) is 35.3 Å². The molecule has 1 aromatic carbocycles. The van der Waals surface area contributed by atoms with Crippen LogP contribution in [-0.4, -0.2) is 47.5 Å². The van der Waals surface area contributed by atoms with Crippen molar-refractivity contribution in [2.75, 3.05) is 19.7 Å². The lowest BCUT2D eigenvalue weighted by molar-refractivity contribution is -0.125. The largest absolute Gasteiger partial charge is 0.371 e. The molecule has 6 heteroatoms. The van der Waals surface area contributed by atoms with E-state index in [2.05, 4.69) is 35.1 Å². The van der Waals surface area contributed by atoms with E-state index in [4.69, 9.17) is 4.74 Å². The fourth-order valence-corrected chi connectivity index (χ4v) is 5.39. The maximum Gasteiger partial charge on any atom is 0.255 e. The van der Waals surface area contributed by atoms with Crippen LogP contribution in [0.15, 0.2) is 61.4 Å². The molecule has 3 aliphatic rings. The molecule has 0 bridgehead atoms. The summed E-state index contributed by atoms with van der Waals surface area (Å²) in [5, 5.41) is 3.30. The average Bonchev–Trinajstić information content (AvgIpc) is 3.66. The van der Waals surface area contributed by atoms with E-state index in [0.29, 0.717) is 25.3 Å². The molecule has 32 heavy (non-hydrogen) atoms. The van der Waals surface area contributed by atoms with Gasteiger partial charge in [-0.1, -0.05) is 30.3 Å². The number of benzene rings is 1. The zero-order valence-electron chi connectivity index (χ0n) is 18.2. The summed E-state index contributed by atoms with van der Waals surface area (Å²) in [5.74, 6) is 0.275. The number of nitrogens with one attached hydrogen (secondary N) is 1. The van der Waals surface area contributed by atoms with Gasteiger partial charge in [0, 0.05) is 36.8 Å². The second-order valence-corrected chi connectivity index (χ2v) is 9.08. The Morgan fingerprint density at radius 2 is 1.97 bits per heavy atom. The molecule has 2 fully saturated rings. The predicted octanol–water partition coefficient (Wildman–Crippen LogP) is 3.41. The molecule has 2 amide bonds. The predicted molar refractivity (Wildman–Crippen MR) is 121 cm³/mol. The summed E-state index contributed by atoms with van der Waals surface area (Å²) in [6, 6.07) is 11.8. The van der Waals surface area contributed by atoms with Crippen molar-refractivity contribution in [1.29, 1.82) is 0 Å². The number of amides is 2. The highest BCUT2D eigenvalue weighted by atomic mass is 16.5. The molecule has 6 nitrogen and oxygen atoms in total. The van der Waals surface area contributed by atoms with Gasteiger partial charge in [-0.15, -0.1) is 6.58 Å². The van der Waals surface area contributed by atoms with E-state index < -0.39 is 0 Å². The maximum atomic E-state index is 13.0. The van der Waals surface area contributed by atoms with E-state index in [9.17, 15) is 9.59 Å². The number of carbonyl (C=O) groups excluding carboxylic acids is 2. The number of rotatable bonds is 6. The van der Waals surface area contributed by atoms with Crippen molar-refractivity contribution in [2.24, 2.45) is 5.92 Å². The first-order valence-corrected chi connectivity index (χ1v) is 11.5. The molecule has 1 saturated carbocycles. The highest BCUT2D eigenvalue weighted by molar-refractivity contribution is 5.94. The molecule has 1 aromatic heterocycles. The van der Waals surface area contributed by atoms with E-state index >= 15 is 0 Å². The Morgan fingerprint density at radius 1 is 1.19 bits per heavy atom. The van der Waals surface area contributed by atoms with Gasteiger partial charge in [-0.25, -0.2) is 0 Å². The number of fused-ring (bicyclic) bond motifs is 2. The van der Waals surface area contributed by atoms with Gasteiger partial charge >= 0.3 is 0 Å². The summed E-state index contributed by atoms with van der Waals surface area (Å²) >= 11 is 0. The van der Waals surface area contributed by atoms with E-state index in [1.165, 1.54) is 5.56 Å². The molecule has 1 aliphatic heterocycles. The Kier molecular flexibility index (Phi) is 5.55. The quantitative estimate of drug-likeness (QED) is 0.712. The van der Waals surface area contributed by atoms with Crippen molar-refractivity contribution in [3.8, 4) is 0 Å². The number of hydrogen-bond acceptors (Lipinski definition) is 4.